The van der Waals surface area contributed by atoms with Crippen molar-refractivity contribution < 1.29 is 39.8 Å². The van der Waals surface area contributed by atoms with E-state index in [0.717, 1.165) is 6.21 Å². The van der Waals surface area contributed by atoms with Crippen molar-refractivity contribution in [3.8, 4) is 0 Å². The zero-order valence-electron chi connectivity index (χ0n) is 15.4. The summed E-state index contributed by atoms with van der Waals surface area (Å²) in [4.78, 5) is 16.2. The molecule has 0 saturated carbocycles. The molecular formula is C19H25NO8. The zero-order valence-corrected chi connectivity index (χ0v) is 15.4. The summed E-state index contributed by atoms with van der Waals surface area (Å²) in [7, 11) is 0. The van der Waals surface area contributed by atoms with Crippen molar-refractivity contribution in [1.29, 1.82) is 0 Å². The minimum atomic E-state index is -1.47. The number of benzene rings is 1. The van der Waals surface area contributed by atoms with Crippen LogP contribution in [0, 0.1) is 5.92 Å². The van der Waals surface area contributed by atoms with Crippen molar-refractivity contribution in [2.24, 2.45) is 10.9 Å². The Balaban J connectivity index is 2.20. The number of hydrogen-bond donors (Lipinski definition) is 5. The number of ether oxygens (including phenoxy) is 2. The molecule has 1 aromatic rings. The van der Waals surface area contributed by atoms with E-state index < -0.39 is 43.1 Å². The van der Waals surface area contributed by atoms with Crippen LogP contribution in [-0.2, 0) is 14.3 Å². The Kier molecular flexibility index (Phi) is 8.09. The number of rotatable bonds is 7. The van der Waals surface area contributed by atoms with Gasteiger partial charge in [-0.25, -0.2) is 4.79 Å². The molecule has 1 saturated heterocycles. The molecule has 2 rings (SSSR count). The predicted octanol–water partition coefficient (Wildman–Crippen LogP) is -0.363. The van der Waals surface area contributed by atoms with Crippen molar-refractivity contribution in [2.45, 2.75) is 31.5 Å². The molecule has 9 nitrogen and oxygen atoms in total. The van der Waals surface area contributed by atoms with Gasteiger partial charge in [0.2, 0.25) is 0 Å². The summed E-state index contributed by atoms with van der Waals surface area (Å²) in [6, 6.07) is 8.35. The summed E-state index contributed by atoms with van der Waals surface area (Å²) >= 11 is 0. The largest absolute Gasteiger partial charge is 0.506 e. The average molecular weight is 395 g/mol. The van der Waals surface area contributed by atoms with Crippen LogP contribution in [0.15, 0.2) is 40.9 Å². The number of aliphatic imine (C=N–C) groups is 1. The van der Waals surface area contributed by atoms with Crippen LogP contribution in [0.5, 0.6) is 0 Å². The molecule has 5 unspecified atom stereocenters. The minimum absolute atomic E-state index is 0.0981. The summed E-state index contributed by atoms with van der Waals surface area (Å²) in [6.45, 7) is 0.951. The van der Waals surface area contributed by atoms with Crippen molar-refractivity contribution in [2.75, 3.05) is 19.8 Å². The lowest BCUT2D eigenvalue weighted by Crippen LogP contribution is -2.56. The Morgan fingerprint density at radius 2 is 1.89 bits per heavy atom. The van der Waals surface area contributed by atoms with Gasteiger partial charge in [0.15, 0.2) is 6.29 Å². The van der Waals surface area contributed by atoms with E-state index in [1.54, 1.807) is 37.3 Å². The Morgan fingerprint density at radius 1 is 1.21 bits per heavy atom. The molecule has 5 atom stereocenters. The van der Waals surface area contributed by atoms with Gasteiger partial charge < -0.3 is 35.0 Å². The number of carbonyl (C=O) groups excluding carboxylic acids is 1. The van der Waals surface area contributed by atoms with Crippen LogP contribution in [0.3, 0.4) is 0 Å². The molecule has 0 aromatic heterocycles. The van der Waals surface area contributed by atoms with Crippen molar-refractivity contribution in [3.63, 3.8) is 0 Å². The Morgan fingerprint density at radius 3 is 2.50 bits per heavy atom. The highest BCUT2D eigenvalue weighted by atomic mass is 16.6. The maximum Gasteiger partial charge on any atom is 0.343 e. The standard InChI is InChI=1S/C19H25NO8/c1-2-27-18(25)12(15(22)11-6-4-3-5-7-11)8-20-9-13-16(23)17(24)14(10-21)28-19(13)26/h3-8,13-14,16-17,19,21-24,26H,2,9-10H2,1H3/b15-12-,20-8?. The molecule has 154 valence electrons. The maximum absolute atomic E-state index is 12.2. The van der Waals surface area contributed by atoms with E-state index in [-0.39, 0.29) is 24.5 Å². The second-order valence-electron chi connectivity index (χ2n) is 6.24. The lowest BCUT2D eigenvalue weighted by atomic mass is 9.91. The molecule has 28 heavy (non-hydrogen) atoms. The second kappa shape index (κ2) is 10.3. The van der Waals surface area contributed by atoms with Crippen LogP contribution in [0.2, 0.25) is 0 Å². The van der Waals surface area contributed by atoms with E-state index in [1.165, 1.54) is 0 Å². The van der Waals surface area contributed by atoms with E-state index >= 15 is 0 Å². The van der Waals surface area contributed by atoms with E-state index in [4.69, 9.17) is 14.6 Å². The summed E-state index contributed by atoms with van der Waals surface area (Å²) in [5, 5.41) is 49.5. The van der Waals surface area contributed by atoms with E-state index in [1.807, 2.05) is 0 Å². The monoisotopic (exact) mass is 395 g/mol. The number of aliphatic hydroxyl groups excluding tert-OH is 5. The molecule has 0 radical (unpaired) electrons. The molecule has 0 spiro atoms. The number of esters is 1. The molecule has 1 aliphatic rings. The molecule has 0 bridgehead atoms. The van der Waals surface area contributed by atoms with Gasteiger partial charge in [-0.3, -0.25) is 4.99 Å². The van der Waals surface area contributed by atoms with Crippen LogP contribution in [-0.4, -0.2) is 82.1 Å². The number of carbonyl (C=O) groups is 1. The SMILES string of the molecule is CCOC(=O)/C(C=NCC1C(O)OC(CO)C(O)C1O)=C(\O)c1ccccc1. The third-order valence-electron chi connectivity index (χ3n) is 4.36. The summed E-state index contributed by atoms with van der Waals surface area (Å²) < 4.78 is 10.00. The highest BCUT2D eigenvalue weighted by molar-refractivity contribution is 6.15. The van der Waals surface area contributed by atoms with Gasteiger partial charge in [-0.1, -0.05) is 30.3 Å². The third kappa shape index (κ3) is 5.15. The molecule has 9 heteroatoms. The number of hydrogen-bond acceptors (Lipinski definition) is 9. The number of aliphatic hydroxyl groups is 5. The fourth-order valence-electron chi connectivity index (χ4n) is 2.79. The van der Waals surface area contributed by atoms with Crippen molar-refractivity contribution in [3.05, 3.63) is 41.5 Å². The van der Waals surface area contributed by atoms with Crippen LogP contribution < -0.4 is 0 Å². The predicted molar refractivity (Wildman–Crippen MR) is 99.5 cm³/mol. The quantitative estimate of drug-likeness (QED) is 0.182. The van der Waals surface area contributed by atoms with Gasteiger partial charge in [-0.2, -0.15) is 0 Å². The van der Waals surface area contributed by atoms with Crippen molar-refractivity contribution in [1.82, 2.24) is 0 Å². The first kappa shape index (κ1) is 22.0. The van der Waals surface area contributed by atoms with Crippen molar-refractivity contribution >= 4 is 17.9 Å². The minimum Gasteiger partial charge on any atom is -0.506 e. The fourth-order valence-corrected chi connectivity index (χ4v) is 2.79. The Bertz CT molecular complexity index is 705. The number of nitrogens with zero attached hydrogens (tertiary/aromatic N) is 1. The fraction of sp³-hybridized carbons (Fsp3) is 0.474. The maximum atomic E-state index is 12.2. The second-order valence-corrected chi connectivity index (χ2v) is 6.24. The summed E-state index contributed by atoms with van der Waals surface area (Å²) in [5.74, 6) is -2.10. The molecule has 5 N–H and O–H groups in total. The molecular weight excluding hydrogens is 370 g/mol. The molecule has 1 aliphatic heterocycles. The molecule has 0 aliphatic carbocycles. The summed E-state index contributed by atoms with van der Waals surface area (Å²) in [6.07, 6.45) is -4.28. The highest BCUT2D eigenvalue weighted by Gasteiger charge is 2.43. The van der Waals surface area contributed by atoms with Crippen LogP contribution in [0.1, 0.15) is 12.5 Å². The van der Waals surface area contributed by atoms with E-state index in [2.05, 4.69) is 4.99 Å². The van der Waals surface area contributed by atoms with Gasteiger partial charge in [-0.15, -0.1) is 0 Å². The first-order valence-corrected chi connectivity index (χ1v) is 8.86. The van der Waals surface area contributed by atoms with Gasteiger partial charge >= 0.3 is 5.97 Å². The Labute approximate surface area is 162 Å². The highest BCUT2D eigenvalue weighted by Crippen LogP contribution is 2.25. The Hall–Kier alpha value is -2.30. The van der Waals surface area contributed by atoms with E-state index in [9.17, 15) is 25.2 Å². The lowest BCUT2D eigenvalue weighted by Gasteiger charge is -2.39. The molecule has 1 aromatic carbocycles. The van der Waals surface area contributed by atoms with Crippen LogP contribution >= 0.6 is 0 Å². The van der Waals surface area contributed by atoms with Gasteiger partial charge in [0, 0.05) is 18.3 Å². The first-order chi connectivity index (χ1) is 13.4. The first-order valence-electron chi connectivity index (χ1n) is 8.86. The van der Waals surface area contributed by atoms with Crippen LogP contribution in [0.25, 0.3) is 5.76 Å². The van der Waals surface area contributed by atoms with E-state index in [0.29, 0.717) is 5.56 Å². The molecule has 1 heterocycles. The topological polar surface area (TPSA) is 149 Å². The van der Waals surface area contributed by atoms with Gasteiger partial charge in [-0.05, 0) is 6.92 Å². The summed E-state index contributed by atoms with van der Waals surface area (Å²) in [5.41, 5.74) is 0.196. The lowest BCUT2D eigenvalue weighted by molar-refractivity contribution is -0.267. The van der Waals surface area contributed by atoms with Crippen LogP contribution in [0.4, 0.5) is 0 Å². The van der Waals surface area contributed by atoms with Gasteiger partial charge in [0.05, 0.1) is 25.2 Å². The van der Waals surface area contributed by atoms with Gasteiger partial charge in [0.1, 0.15) is 23.5 Å². The third-order valence-corrected chi connectivity index (χ3v) is 4.36. The molecule has 1 fully saturated rings. The zero-order chi connectivity index (χ0) is 20.7. The average Bonchev–Trinajstić information content (AvgIpc) is 2.70. The molecule has 0 amide bonds. The smallest absolute Gasteiger partial charge is 0.343 e. The van der Waals surface area contributed by atoms with Gasteiger partial charge in [0.25, 0.3) is 0 Å². The normalized spacial score (nSPS) is 28.8.